The molecule has 1 aromatic rings. The Bertz CT molecular complexity index is 528. The number of nitrogens with one attached hydrogen (secondary N) is 2. The fraction of sp³-hybridized carbons (Fsp3) is 0.467. The lowest BCUT2D eigenvalue weighted by atomic mass is 9.97. The fourth-order valence-electron chi connectivity index (χ4n) is 2.19. The second kappa shape index (κ2) is 6.05. The van der Waals surface area contributed by atoms with Crippen LogP contribution in [0.3, 0.4) is 0 Å². The van der Waals surface area contributed by atoms with Crippen molar-refractivity contribution in [1.82, 2.24) is 5.32 Å². The molecule has 2 amide bonds. The number of fused-ring (bicyclic) bond motifs is 1. The van der Waals surface area contributed by atoms with E-state index in [2.05, 4.69) is 10.6 Å². The second-order valence-electron chi connectivity index (χ2n) is 5.07. The molecule has 20 heavy (non-hydrogen) atoms. The predicted molar refractivity (Wildman–Crippen MR) is 76.4 cm³/mol. The summed E-state index contributed by atoms with van der Waals surface area (Å²) in [6, 6.07) is 5.76. The third-order valence-electron chi connectivity index (χ3n) is 3.61. The number of hydrogen-bond donors (Lipinski definition) is 2. The Hall–Kier alpha value is -1.88. The van der Waals surface area contributed by atoms with E-state index in [4.69, 9.17) is 4.74 Å². The lowest BCUT2D eigenvalue weighted by Gasteiger charge is -2.21. The summed E-state index contributed by atoms with van der Waals surface area (Å²) in [6.45, 7) is 3.65. The van der Waals surface area contributed by atoms with E-state index in [1.807, 2.05) is 25.1 Å². The van der Waals surface area contributed by atoms with Crippen molar-refractivity contribution < 1.29 is 14.3 Å². The molecule has 108 valence electrons. The molecule has 0 unspecified atom stereocenters. The molecule has 2 N–H and O–H groups in total. The molecule has 0 aromatic heterocycles. The number of carbonyl (C=O) groups is 2. The molecule has 0 saturated heterocycles. The zero-order chi connectivity index (χ0) is 14.7. The highest BCUT2D eigenvalue weighted by molar-refractivity contribution is 5.93. The van der Waals surface area contributed by atoms with Gasteiger partial charge in [-0.25, -0.2) is 0 Å². The van der Waals surface area contributed by atoms with E-state index in [9.17, 15) is 9.59 Å². The van der Waals surface area contributed by atoms with E-state index in [-0.39, 0.29) is 17.9 Å². The minimum Gasteiger partial charge on any atom is -0.372 e. The van der Waals surface area contributed by atoms with Gasteiger partial charge < -0.3 is 15.4 Å². The molecule has 0 spiro atoms. The van der Waals surface area contributed by atoms with Crippen LogP contribution in [-0.4, -0.2) is 25.0 Å². The van der Waals surface area contributed by atoms with Gasteiger partial charge in [-0.15, -0.1) is 0 Å². The van der Waals surface area contributed by atoms with Gasteiger partial charge in [0.25, 0.3) is 0 Å². The summed E-state index contributed by atoms with van der Waals surface area (Å²) in [5.74, 6) is -0.0773. The SMILES string of the molecule is CO[C@@H](C)C(=O)N[C@@H](C)c1ccc2c(c1)CCC(=O)N2. The highest BCUT2D eigenvalue weighted by Gasteiger charge is 2.18. The predicted octanol–water partition coefficient (Wildman–Crippen LogP) is 1.78. The van der Waals surface area contributed by atoms with E-state index in [0.29, 0.717) is 6.42 Å². The van der Waals surface area contributed by atoms with Gasteiger partial charge in [-0.05, 0) is 37.5 Å². The third kappa shape index (κ3) is 3.17. The molecule has 5 nitrogen and oxygen atoms in total. The normalized spacial score (nSPS) is 16.9. The van der Waals surface area contributed by atoms with E-state index >= 15 is 0 Å². The molecule has 2 atom stereocenters. The van der Waals surface area contributed by atoms with Crippen molar-refractivity contribution in [2.45, 2.75) is 38.8 Å². The first-order valence-electron chi connectivity index (χ1n) is 6.77. The van der Waals surface area contributed by atoms with Gasteiger partial charge in [-0.3, -0.25) is 9.59 Å². The van der Waals surface area contributed by atoms with E-state index in [1.165, 1.54) is 7.11 Å². The summed E-state index contributed by atoms with van der Waals surface area (Å²) in [5.41, 5.74) is 3.01. The van der Waals surface area contributed by atoms with E-state index in [0.717, 1.165) is 23.2 Å². The molecule has 0 bridgehead atoms. The van der Waals surface area contributed by atoms with Crippen molar-refractivity contribution in [3.63, 3.8) is 0 Å². The van der Waals surface area contributed by atoms with E-state index in [1.54, 1.807) is 6.92 Å². The summed E-state index contributed by atoms with van der Waals surface area (Å²) < 4.78 is 4.99. The first-order chi connectivity index (χ1) is 9.51. The summed E-state index contributed by atoms with van der Waals surface area (Å²) >= 11 is 0. The maximum atomic E-state index is 11.8. The van der Waals surface area contributed by atoms with Gasteiger partial charge in [0, 0.05) is 19.2 Å². The zero-order valence-electron chi connectivity index (χ0n) is 12.0. The Morgan fingerprint density at radius 1 is 1.35 bits per heavy atom. The van der Waals surface area contributed by atoms with Gasteiger partial charge in [0.1, 0.15) is 6.10 Å². The van der Waals surface area contributed by atoms with Crippen LogP contribution in [0.15, 0.2) is 18.2 Å². The van der Waals surface area contributed by atoms with Crippen molar-refractivity contribution in [2.75, 3.05) is 12.4 Å². The summed E-state index contributed by atoms with van der Waals surface area (Å²) in [5, 5.41) is 5.76. The van der Waals surface area contributed by atoms with Crippen LogP contribution in [0.4, 0.5) is 5.69 Å². The number of benzene rings is 1. The maximum Gasteiger partial charge on any atom is 0.249 e. The van der Waals surface area contributed by atoms with Crippen LogP contribution >= 0.6 is 0 Å². The number of rotatable bonds is 4. The van der Waals surface area contributed by atoms with Crippen molar-refractivity contribution in [3.8, 4) is 0 Å². The van der Waals surface area contributed by atoms with Crippen LogP contribution in [0.2, 0.25) is 0 Å². The summed E-state index contributed by atoms with van der Waals surface area (Å²) in [7, 11) is 1.51. The van der Waals surface area contributed by atoms with Crippen LogP contribution in [0.5, 0.6) is 0 Å². The molecule has 1 aliphatic heterocycles. The van der Waals surface area contributed by atoms with Crippen LogP contribution < -0.4 is 10.6 Å². The Balaban J connectivity index is 2.09. The lowest BCUT2D eigenvalue weighted by Crippen LogP contribution is -2.35. The smallest absolute Gasteiger partial charge is 0.249 e. The minimum absolute atomic E-state index is 0.0560. The van der Waals surface area contributed by atoms with Crippen LogP contribution in [0.25, 0.3) is 0 Å². The van der Waals surface area contributed by atoms with Gasteiger partial charge in [0.05, 0.1) is 6.04 Å². The van der Waals surface area contributed by atoms with Crippen LogP contribution in [-0.2, 0) is 20.7 Å². The summed E-state index contributed by atoms with van der Waals surface area (Å²) in [4.78, 5) is 23.1. The quantitative estimate of drug-likeness (QED) is 0.881. The van der Waals surface area contributed by atoms with Gasteiger partial charge >= 0.3 is 0 Å². The molecule has 1 aromatic carbocycles. The number of anilines is 1. The monoisotopic (exact) mass is 276 g/mol. The van der Waals surface area contributed by atoms with Crippen LogP contribution in [0.1, 0.15) is 37.4 Å². The molecular weight excluding hydrogens is 256 g/mol. The molecule has 5 heteroatoms. The van der Waals surface area contributed by atoms with Crippen molar-refractivity contribution in [3.05, 3.63) is 29.3 Å². The minimum atomic E-state index is -0.464. The lowest BCUT2D eigenvalue weighted by molar-refractivity contribution is -0.130. The van der Waals surface area contributed by atoms with Crippen molar-refractivity contribution >= 4 is 17.5 Å². The highest BCUT2D eigenvalue weighted by atomic mass is 16.5. The van der Waals surface area contributed by atoms with Crippen molar-refractivity contribution in [2.24, 2.45) is 0 Å². The number of amides is 2. The van der Waals surface area contributed by atoms with Gasteiger partial charge in [-0.1, -0.05) is 12.1 Å². The summed E-state index contributed by atoms with van der Waals surface area (Å²) in [6.07, 6.45) is 0.788. The fourth-order valence-corrected chi connectivity index (χ4v) is 2.19. The number of hydrogen-bond acceptors (Lipinski definition) is 3. The Morgan fingerprint density at radius 2 is 2.10 bits per heavy atom. The highest BCUT2D eigenvalue weighted by Crippen LogP contribution is 2.26. The molecule has 0 aliphatic carbocycles. The Kier molecular flexibility index (Phi) is 4.39. The standard InChI is InChI=1S/C15H20N2O3/c1-9(16-15(19)10(2)20-3)11-4-6-13-12(8-11)5-7-14(18)17-13/h4,6,8-10H,5,7H2,1-3H3,(H,16,19)(H,17,18)/t9-,10-/m0/s1. The van der Waals surface area contributed by atoms with Crippen LogP contribution in [0, 0.1) is 0 Å². The molecule has 1 aliphatic rings. The number of methoxy groups -OCH3 is 1. The largest absolute Gasteiger partial charge is 0.372 e. The molecule has 0 radical (unpaired) electrons. The van der Waals surface area contributed by atoms with E-state index < -0.39 is 6.10 Å². The van der Waals surface area contributed by atoms with Gasteiger partial charge in [0.15, 0.2) is 0 Å². The molecule has 1 heterocycles. The zero-order valence-corrected chi connectivity index (χ0v) is 12.0. The average Bonchev–Trinajstić information content (AvgIpc) is 2.45. The average molecular weight is 276 g/mol. The number of aryl methyl sites for hydroxylation is 1. The topological polar surface area (TPSA) is 67.4 Å². The molecular formula is C15H20N2O3. The molecule has 0 fully saturated rings. The Morgan fingerprint density at radius 3 is 2.80 bits per heavy atom. The number of ether oxygens (including phenoxy) is 1. The third-order valence-corrected chi connectivity index (χ3v) is 3.61. The second-order valence-corrected chi connectivity index (χ2v) is 5.07. The first kappa shape index (κ1) is 14.5. The Labute approximate surface area is 118 Å². The van der Waals surface area contributed by atoms with Gasteiger partial charge in [0.2, 0.25) is 11.8 Å². The maximum absolute atomic E-state index is 11.8. The molecule has 0 saturated carbocycles. The molecule has 2 rings (SSSR count). The first-order valence-corrected chi connectivity index (χ1v) is 6.77. The number of carbonyl (C=O) groups excluding carboxylic acids is 2. The van der Waals surface area contributed by atoms with Crippen molar-refractivity contribution in [1.29, 1.82) is 0 Å². The van der Waals surface area contributed by atoms with Gasteiger partial charge in [-0.2, -0.15) is 0 Å².